The van der Waals surface area contributed by atoms with Crippen LogP contribution in [0.3, 0.4) is 0 Å². The maximum atomic E-state index is 12.1. The summed E-state index contributed by atoms with van der Waals surface area (Å²) in [5.41, 5.74) is 0.501. The van der Waals surface area contributed by atoms with Gasteiger partial charge in [-0.05, 0) is 24.3 Å². The standard InChI is InChI=1S/C17H14ClNO5/c1-23-16(21)11-6-2-3-7-12(11)17(22)24-10-15(20)19-14-9-5-4-8-13(14)18/h2-9H,10H2,1H3,(H,19,20). The molecular weight excluding hydrogens is 334 g/mol. The summed E-state index contributed by atoms with van der Waals surface area (Å²) in [4.78, 5) is 35.5. The van der Waals surface area contributed by atoms with E-state index in [2.05, 4.69) is 10.1 Å². The lowest BCUT2D eigenvalue weighted by atomic mass is 10.1. The number of carbonyl (C=O) groups is 3. The maximum absolute atomic E-state index is 12.1. The number of para-hydroxylation sites is 1. The van der Waals surface area contributed by atoms with Crippen LogP contribution in [0.2, 0.25) is 5.02 Å². The summed E-state index contributed by atoms with van der Waals surface area (Å²) < 4.78 is 9.54. The largest absolute Gasteiger partial charge is 0.465 e. The Morgan fingerprint density at radius 3 is 2.17 bits per heavy atom. The van der Waals surface area contributed by atoms with Gasteiger partial charge in [-0.3, -0.25) is 4.79 Å². The van der Waals surface area contributed by atoms with Crippen molar-refractivity contribution in [2.75, 3.05) is 19.0 Å². The highest BCUT2D eigenvalue weighted by Crippen LogP contribution is 2.20. The van der Waals surface area contributed by atoms with E-state index in [1.165, 1.54) is 19.2 Å². The Labute approximate surface area is 143 Å². The molecule has 2 rings (SSSR count). The number of methoxy groups -OCH3 is 1. The second-order valence-electron chi connectivity index (χ2n) is 4.64. The predicted molar refractivity (Wildman–Crippen MR) is 88.1 cm³/mol. The minimum atomic E-state index is -0.801. The van der Waals surface area contributed by atoms with E-state index in [9.17, 15) is 14.4 Å². The molecule has 0 radical (unpaired) electrons. The van der Waals surface area contributed by atoms with Crippen molar-refractivity contribution in [2.24, 2.45) is 0 Å². The molecule has 0 aliphatic heterocycles. The van der Waals surface area contributed by atoms with E-state index in [-0.39, 0.29) is 11.1 Å². The summed E-state index contributed by atoms with van der Waals surface area (Å²) in [5.74, 6) is -2.01. The molecule has 1 N–H and O–H groups in total. The lowest BCUT2D eigenvalue weighted by Gasteiger charge is -2.09. The molecule has 0 aliphatic rings. The summed E-state index contributed by atoms with van der Waals surface area (Å²) in [6.45, 7) is -0.514. The van der Waals surface area contributed by atoms with E-state index in [0.29, 0.717) is 10.7 Å². The molecule has 124 valence electrons. The Morgan fingerprint density at radius 1 is 0.958 bits per heavy atom. The molecule has 0 saturated carbocycles. The number of anilines is 1. The van der Waals surface area contributed by atoms with E-state index in [1.54, 1.807) is 36.4 Å². The van der Waals surface area contributed by atoms with Crippen LogP contribution in [0.1, 0.15) is 20.7 Å². The fourth-order valence-corrected chi connectivity index (χ4v) is 2.09. The number of ether oxygens (including phenoxy) is 2. The SMILES string of the molecule is COC(=O)c1ccccc1C(=O)OCC(=O)Nc1ccccc1Cl. The van der Waals surface area contributed by atoms with Crippen LogP contribution in [-0.4, -0.2) is 31.6 Å². The molecule has 0 spiro atoms. The normalized spacial score (nSPS) is 9.92. The molecule has 0 bridgehead atoms. The summed E-state index contributed by atoms with van der Waals surface area (Å²) in [7, 11) is 1.21. The molecule has 6 nitrogen and oxygen atoms in total. The first kappa shape index (κ1) is 17.5. The van der Waals surface area contributed by atoms with E-state index < -0.39 is 24.5 Å². The van der Waals surface area contributed by atoms with Crippen LogP contribution in [0.4, 0.5) is 5.69 Å². The van der Waals surface area contributed by atoms with Gasteiger partial charge < -0.3 is 14.8 Å². The average Bonchev–Trinajstić information content (AvgIpc) is 2.61. The molecule has 0 atom stereocenters. The number of nitrogens with one attached hydrogen (secondary N) is 1. The van der Waals surface area contributed by atoms with Crippen LogP contribution in [0.5, 0.6) is 0 Å². The second-order valence-corrected chi connectivity index (χ2v) is 5.05. The van der Waals surface area contributed by atoms with E-state index in [1.807, 2.05) is 0 Å². The van der Waals surface area contributed by atoms with Crippen LogP contribution in [0, 0.1) is 0 Å². The third kappa shape index (κ3) is 4.33. The molecule has 0 unspecified atom stereocenters. The Hall–Kier alpha value is -2.86. The van der Waals surface area contributed by atoms with Gasteiger partial charge in [0.1, 0.15) is 0 Å². The van der Waals surface area contributed by atoms with Gasteiger partial charge in [0.05, 0.1) is 28.9 Å². The number of benzene rings is 2. The lowest BCUT2D eigenvalue weighted by molar-refractivity contribution is -0.119. The summed E-state index contributed by atoms with van der Waals surface area (Å²) >= 11 is 5.92. The first-order valence-corrected chi connectivity index (χ1v) is 7.29. The number of amides is 1. The first-order chi connectivity index (χ1) is 11.5. The van der Waals surface area contributed by atoms with Crippen LogP contribution in [0.15, 0.2) is 48.5 Å². The molecular formula is C17H14ClNO5. The summed E-state index contributed by atoms with van der Waals surface area (Å²) in [5, 5.41) is 2.89. The molecule has 0 aromatic heterocycles. The topological polar surface area (TPSA) is 81.7 Å². The van der Waals surface area contributed by atoms with Crippen LogP contribution in [0.25, 0.3) is 0 Å². The Balaban J connectivity index is 2.00. The number of carbonyl (C=O) groups excluding carboxylic acids is 3. The fourth-order valence-electron chi connectivity index (χ4n) is 1.91. The van der Waals surface area contributed by atoms with Crippen LogP contribution in [-0.2, 0) is 14.3 Å². The van der Waals surface area contributed by atoms with Crippen molar-refractivity contribution >= 4 is 35.1 Å². The van der Waals surface area contributed by atoms with Gasteiger partial charge in [-0.25, -0.2) is 9.59 Å². The molecule has 0 saturated heterocycles. The molecule has 2 aromatic carbocycles. The number of halogens is 1. The number of rotatable bonds is 5. The number of esters is 2. The fraction of sp³-hybridized carbons (Fsp3) is 0.118. The zero-order valence-corrected chi connectivity index (χ0v) is 13.5. The molecule has 1 amide bonds. The highest BCUT2D eigenvalue weighted by Gasteiger charge is 2.19. The molecule has 7 heteroatoms. The van der Waals surface area contributed by atoms with Crippen LogP contribution < -0.4 is 5.32 Å². The van der Waals surface area contributed by atoms with Gasteiger partial charge in [-0.2, -0.15) is 0 Å². The summed E-state index contributed by atoms with van der Waals surface area (Å²) in [6.07, 6.45) is 0. The van der Waals surface area contributed by atoms with Gasteiger partial charge in [-0.1, -0.05) is 35.9 Å². The Bertz CT molecular complexity index is 775. The Kier molecular flexibility index (Phi) is 5.92. The molecule has 2 aromatic rings. The van der Waals surface area contributed by atoms with Crippen molar-refractivity contribution in [1.29, 1.82) is 0 Å². The van der Waals surface area contributed by atoms with E-state index in [4.69, 9.17) is 16.3 Å². The highest BCUT2D eigenvalue weighted by atomic mass is 35.5. The zero-order chi connectivity index (χ0) is 17.5. The van der Waals surface area contributed by atoms with Crippen molar-refractivity contribution in [2.45, 2.75) is 0 Å². The minimum absolute atomic E-state index is 0.0230. The smallest absolute Gasteiger partial charge is 0.339 e. The van der Waals surface area contributed by atoms with Gasteiger partial charge in [0.25, 0.3) is 5.91 Å². The van der Waals surface area contributed by atoms with Crippen LogP contribution >= 0.6 is 11.6 Å². The van der Waals surface area contributed by atoms with Crippen molar-refractivity contribution in [1.82, 2.24) is 0 Å². The number of hydrogen-bond acceptors (Lipinski definition) is 5. The third-order valence-electron chi connectivity index (χ3n) is 3.03. The Morgan fingerprint density at radius 2 is 1.54 bits per heavy atom. The van der Waals surface area contributed by atoms with E-state index in [0.717, 1.165) is 0 Å². The van der Waals surface area contributed by atoms with Gasteiger partial charge in [-0.15, -0.1) is 0 Å². The number of hydrogen-bond donors (Lipinski definition) is 1. The van der Waals surface area contributed by atoms with E-state index >= 15 is 0 Å². The van der Waals surface area contributed by atoms with Gasteiger partial charge in [0, 0.05) is 0 Å². The quantitative estimate of drug-likeness (QED) is 0.841. The molecule has 24 heavy (non-hydrogen) atoms. The molecule has 0 aliphatic carbocycles. The molecule has 0 fully saturated rings. The average molecular weight is 348 g/mol. The zero-order valence-electron chi connectivity index (χ0n) is 12.7. The predicted octanol–water partition coefficient (Wildman–Crippen LogP) is 2.92. The summed E-state index contributed by atoms with van der Waals surface area (Å²) in [6, 6.07) is 12.7. The van der Waals surface area contributed by atoms with Crippen molar-refractivity contribution in [3.05, 3.63) is 64.7 Å². The van der Waals surface area contributed by atoms with Gasteiger partial charge in [0.15, 0.2) is 6.61 Å². The third-order valence-corrected chi connectivity index (χ3v) is 3.36. The van der Waals surface area contributed by atoms with Crippen molar-refractivity contribution in [3.8, 4) is 0 Å². The second kappa shape index (κ2) is 8.12. The minimum Gasteiger partial charge on any atom is -0.465 e. The maximum Gasteiger partial charge on any atom is 0.339 e. The van der Waals surface area contributed by atoms with Gasteiger partial charge in [0.2, 0.25) is 0 Å². The van der Waals surface area contributed by atoms with Gasteiger partial charge >= 0.3 is 11.9 Å². The van der Waals surface area contributed by atoms with Crippen molar-refractivity contribution in [3.63, 3.8) is 0 Å². The molecule has 0 heterocycles. The highest BCUT2D eigenvalue weighted by molar-refractivity contribution is 6.33. The monoisotopic (exact) mass is 347 g/mol. The van der Waals surface area contributed by atoms with Crippen molar-refractivity contribution < 1.29 is 23.9 Å². The lowest BCUT2D eigenvalue weighted by Crippen LogP contribution is -2.22. The first-order valence-electron chi connectivity index (χ1n) is 6.91.